The zero-order valence-corrected chi connectivity index (χ0v) is 8.05. The van der Waals surface area contributed by atoms with E-state index < -0.39 is 4.92 Å². The van der Waals surface area contributed by atoms with Gasteiger partial charge in [-0.2, -0.15) is 4.98 Å². The molecule has 0 aliphatic heterocycles. The molecule has 0 amide bonds. The van der Waals surface area contributed by atoms with Crippen molar-refractivity contribution in [1.82, 2.24) is 4.98 Å². The van der Waals surface area contributed by atoms with E-state index in [0.717, 1.165) is 12.8 Å². The number of hydrogen-bond acceptors (Lipinski definition) is 5. The second kappa shape index (κ2) is 3.72. The van der Waals surface area contributed by atoms with Crippen LogP contribution < -0.4 is 10.5 Å². The molecule has 1 heterocycles. The number of hydrogen-bond donors (Lipinski definition) is 1. The van der Waals surface area contributed by atoms with Gasteiger partial charge in [0.15, 0.2) is 0 Å². The highest BCUT2D eigenvalue weighted by Gasteiger charge is 2.24. The average Bonchev–Trinajstić information content (AvgIpc) is 2.97. The predicted molar refractivity (Wildman–Crippen MR) is 53.5 cm³/mol. The van der Waals surface area contributed by atoms with Crippen molar-refractivity contribution >= 4 is 11.5 Å². The first-order valence-electron chi connectivity index (χ1n) is 4.70. The minimum atomic E-state index is -0.519. The second-order valence-electron chi connectivity index (χ2n) is 3.57. The zero-order valence-electron chi connectivity index (χ0n) is 8.05. The van der Waals surface area contributed by atoms with E-state index in [-0.39, 0.29) is 17.4 Å². The molecule has 1 aliphatic rings. The number of pyridine rings is 1. The van der Waals surface area contributed by atoms with Crippen LogP contribution in [0.4, 0.5) is 11.5 Å². The van der Waals surface area contributed by atoms with Crippen LogP contribution in [0.5, 0.6) is 5.88 Å². The number of nitrogens with zero attached hydrogens (tertiary/aromatic N) is 2. The van der Waals surface area contributed by atoms with E-state index >= 15 is 0 Å². The normalized spacial score (nSPS) is 14.9. The van der Waals surface area contributed by atoms with Gasteiger partial charge in [0.2, 0.25) is 0 Å². The zero-order chi connectivity index (χ0) is 10.8. The molecule has 1 aromatic rings. The molecule has 0 radical (unpaired) electrons. The van der Waals surface area contributed by atoms with Crippen LogP contribution in [-0.4, -0.2) is 16.5 Å². The lowest BCUT2D eigenvalue weighted by molar-refractivity contribution is -0.386. The summed E-state index contributed by atoms with van der Waals surface area (Å²) in [5.74, 6) is 0.770. The quantitative estimate of drug-likeness (QED) is 0.597. The van der Waals surface area contributed by atoms with Crippen LogP contribution in [0.3, 0.4) is 0 Å². The Kier molecular flexibility index (Phi) is 2.40. The van der Waals surface area contributed by atoms with Crippen LogP contribution in [0.15, 0.2) is 12.1 Å². The summed E-state index contributed by atoms with van der Waals surface area (Å²) in [5.41, 5.74) is 5.30. The predicted octanol–water partition coefficient (Wildman–Crippen LogP) is 1.36. The van der Waals surface area contributed by atoms with Crippen molar-refractivity contribution in [2.75, 3.05) is 12.3 Å². The molecule has 80 valence electrons. The van der Waals surface area contributed by atoms with Crippen molar-refractivity contribution in [3.8, 4) is 5.88 Å². The van der Waals surface area contributed by atoms with E-state index in [2.05, 4.69) is 4.98 Å². The minimum Gasteiger partial charge on any atom is -0.472 e. The van der Waals surface area contributed by atoms with Gasteiger partial charge in [-0.3, -0.25) is 10.1 Å². The Morgan fingerprint density at radius 1 is 1.60 bits per heavy atom. The summed E-state index contributed by atoms with van der Waals surface area (Å²) in [7, 11) is 0. The average molecular weight is 209 g/mol. The highest BCUT2D eigenvalue weighted by atomic mass is 16.6. The highest BCUT2D eigenvalue weighted by molar-refractivity contribution is 5.46. The van der Waals surface area contributed by atoms with Crippen LogP contribution in [-0.2, 0) is 0 Å². The van der Waals surface area contributed by atoms with Crippen LogP contribution in [0.1, 0.15) is 12.8 Å². The highest BCUT2D eigenvalue weighted by Crippen LogP contribution is 2.31. The van der Waals surface area contributed by atoms with Crippen molar-refractivity contribution in [2.24, 2.45) is 5.92 Å². The molecule has 0 atom stereocenters. The lowest BCUT2D eigenvalue weighted by Gasteiger charge is -2.04. The molecule has 1 aliphatic carbocycles. The fourth-order valence-corrected chi connectivity index (χ4v) is 1.17. The third-order valence-corrected chi connectivity index (χ3v) is 2.21. The van der Waals surface area contributed by atoms with E-state index in [1.165, 1.54) is 12.1 Å². The van der Waals surface area contributed by atoms with Gasteiger partial charge in [0, 0.05) is 6.07 Å². The largest absolute Gasteiger partial charge is 0.472 e. The molecule has 0 unspecified atom stereocenters. The number of nitrogen functional groups attached to an aromatic ring is 1. The second-order valence-corrected chi connectivity index (χ2v) is 3.57. The minimum absolute atomic E-state index is 0.0203. The Labute approximate surface area is 86.2 Å². The lowest BCUT2D eigenvalue weighted by Crippen LogP contribution is -2.05. The summed E-state index contributed by atoms with van der Waals surface area (Å²) in [6.07, 6.45) is 2.24. The van der Waals surface area contributed by atoms with E-state index in [0.29, 0.717) is 12.5 Å². The van der Waals surface area contributed by atoms with Gasteiger partial charge in [0.1, 0.15) is 5.82 Å². The molecule has 2 rings (SSSR count). The summed E-state index contributed by atoms with van der Waals surface area (Å²) in [6.45, 7) is 0.483. The SMILES string of the molecule is Nc1ccc([N+](=O)[O-])c(OCC2CC2)n1. The Morgan fingerprint density at radius 3 is 2.93 bits per heavy atom. The summed E-state index contributed by atoms with van der Waals surface area (Å²) in [6, 6.07) is 2.70. The first-order chi connectivity index (χ1) is 7.16. The maximum absolute atomic E-state index is 10.6. The molecule has 0 aromatic carbocycles. The van der Waals surface area contributed by atoms with Gasteiger partial charge < -0.3 is 10.5 Å². The number of nitro groups is 1. The Bertz CT molecular complexity index is 390. The van der Waals surface area contributed by atoms with Crippen molar-refractivity contribution in [3.63, 3.8) is 0 Å². The van der Waals surface area contributed by atoms with Gasteiger partial charge in [0.25, 0.3) is 5.88 Å². The molecule has 1 fully saturated rings. The molecular weight excluding hydrogens is 198 g/mol. The molecular formula is C9H11N3O3. The summed E-state index contributed by atoms with van der Waals surface area (Å²) < 4.78 is 5.27. The Hall–Kier alpha value is -1.85. The third kappa shape index (κ3) is 2.34. The van der Waals surface area contributed by atoms with E-state index in [4.69, 9.17) is 10.5 Å². The van der Waals surface area contributed by atoms with Crippen molar-refractivity contribution in [1.29, 1.82) is 0 Å². The smallest absolute Gasteiger partial charge is 0.331 e. The molecule has 1 aromatic heterocycles. The summed E-state index contributed by atoms with van der Waals surface area (Å²) in [5, 5.41) is 10.6. The van der Waals surface area contributed by atoms with Gasteiger partial charge in [-0.1, -0.05) is 0 Å². The maximum atomic E-state index is 10.6. The standard InChI is InChI=1S/C9H11N3O3/c10-8-4-3-7(12(13)14)9(11-8)15-5-6-1-2-6/h3-4,6H,1-2,5H2,(H2,10,11). The van der Waals surface area contributed by atoms with Gasteiger partial charge >= 0.3 is 5.69 Å². The van der Waals surface area contributed by atoms with Crippen molar-refractivity contribution in [3.05, 3.63) is 22.2 Å². The lowest BCUT2D eigenvalue weighted by atomic mass is 10.4. The molecule has 2 N–H and O–H groups in total. The Balaban J connectivity index is 2.16. The number of aromatic nitrogens is 1. The third-order valence-electron chi connectivity index (χ3n) is 2.21. The van der Waals surface area contributed by atoms with Crippen LogP contribution in [0.25, 0.3) is 0 Å². The van der Waals surface area contributed by atoms with Crippen LogP contribution in [0.2, 0.25) is 0 Å². The molecule has 6 nitrogen and oxygen atoms in total. The molecule has 1 saturated carbocycles. The van der Waals surface area contributed by atoms with Crippen LogP contribution >= 0.6 is 0 Å². The summed E-state index contributed by atoms with van der Waals surface area (Å²) >= 11 is 0. The molecule has 15 heavy (non-hydrogen) atoms. The first-order valence-corrected chi connectivity index (χ1v) is 4.70. The monoisotopic (exact) mass is 209 g/mol. The maximum Gasteiger partial charge on any atom is 0.331 e. The molecule has 0 bridgehead atoms. The van der Waals surface area contributed by atoms with Crippen molar-refractivity contribution < 1.29 is 9.66 Å². The first kappa shape index (κ1) is 9.70. The van der Waals surface area contributed by atoms with Gasteiger partial charge in [0.05, 0.1) is 11.5 Å². The van der Waals surface area contributed by atoms with Gasteiger partial charge in [-0.15, -0.1) is 0 Å². The number of anilines is 1. The topological polar surface area (TPSA) is 91.3 Å². The van der Waals surface area contributed by atoms with Crippen molar-refractivity contribution in [2.45, 2.75) is 12.8 Å². The van der Waals surface area contributed by atoms with Gasteiger partial charge in [-0.05, 0) is 24.8 Å². The van der Waals surface area contributed by atoms with E-state index in [9.17, 15) is 10.1 Å². The fourth-order valence-electron chi connectivity index (χ4n) is 1.17. The van der Waals surface area contributed by atoms with E-state index in [1.807, 2.05) is 0 Å². The number of nitrogens with two attached hydrogens (primary N) is 1. The van der Waals surface area contributed by atoms with E-state index in [1.54, 1.807) is 0 Å². The number of rotatable bonds is 4. The molecule has 0 spiro atoms. The number of ether oxygens (including phenoxy) is 1. The fraction of sp³-hybridized carbons (Fsp3) is 0.444. The molecule has 6 heteroatoms. The Morgan fingerprint density at radius 2 is 2.33 bits per heavy atom. The van der Waals surface area contributed by atoms with Crippen LogP contribution in [0, 0.1) is 16.0 Å². The van der Waals surface area contributed by atoms with Gasteiger partial charge in [-0.25, -0.2) is 0 Å². The molecule has 0 saturated heterocycles. The summed E-state index contributed by atoms with van der Waals surface area (Å²) in [4.78, 5) is 13.9.